The molecule has 7 aromatic heterocycles. The summed E-state index contributed by atoms with van der Waals surface area (Å²) in [5, 5.41) is 11.6. The first-order valence-electron chi connectivity index (χ1n) is 22.8. The number of hydrogen-bond donors (Lipinski definition) is 1. The largest absolute Gasteiger partial charge is 0.493 e. The number of nitrogens with zero attached hydrogens (tertiary/aromatic N) is 14. The second-order valence-electron chi connectivity index (χ2n) is 15.9. The van der Waals surface area contributed by atoms with Crippen molar-refractivity contribution in [1.29, 1.82) is 0 Å². The van der Waals surface area contributed by atoms with Gasteiger partial charge in [-0.2, -0.15) is 10.2 Å². The van der Waals surface area contributed by atoms with E-state index in [0.29, 0.717) is 46.1 Å². The number of benzene rings is 2. The Morgan fingerprint density at radius 1 is 0.575 bits per heavy atom. The molecule has 2 aromatic carbocycles. The van der Waals surface area contributed by atoms with Crippen LogP contribution in [0.4, 0.5) is 40.6 Å². The van der Waals surface area contributed by atoms with Gasteiger partial charge in [-0.15, -0.1) is 0 Å². The molecule has 0 saturated heterocycles. The molecule has 9 rings (SSSR count). The molecule has 0 aliphatic rings. The lowest BCUT2D eigenvalue weighted by molar-refractivity contribution is 0.358. The summed E-state index contributed by atoms with van der Waals surface area (Å²) in [4.78, 5) is 38.4. The van der Waals surface area contributed by atoms with E-state index in [9.17, 15) is 0 Å². The van der Waals surface area contributed by atoms with Gasteiger partial charge in [0.25, 0.3) is 0 Å². The molecule has 73 heavy (non-hydrogen) atoms. The zero-order chi connectivity index (χ0) is 52.3. The Hall–Kier alpha value is -8.60. The average molecular weight is 1000 g/mol. The second kappa shape index (κ2) is 23.5. The van der Waals surface area contributed by atoms with Gasteiger partial charge in [-0.1, -0.05) is 27.7 Å². The van der Waals surface area contributed by atoms with Crippen LogP contribution in [0.1, 0.15) is 33.4 Å². The fraction of sp³-hybridized carbons (Fsp3) is 0.280. The number of pyridine rings is 2. The number of aromatic nitrogens is 12. The number of aryl methyl sites for hydroxylation is 2. The first-order valence-corrected chi connectivity index (χ1v) is 22.8. The van der Waals surface area contributed by atoms with Crippen LogP contribution in [0.15, 0.2) is 92.2 Å². The molecule has 380 valence electrons. The van der Waals surface area contributed by atoms with Gasteiger partial charge < -0.3 is 34.1 Å². The van der Waals surface area contributed by atoms with Gasteiger partial charge in [0, 0.05) is 81.3 Å². The summed E-state index contributed by atoms with van der Waals surface area (Å²) in [6.07, 6.45) is 14.7. The van der Waals surface area contributed by atoms with Gasteiger partial charge >= 0.3 is 0 Å². The average Bonchev–Trinajstić information content (AvgIpc) is 4.06. The van der Waals surface area contributed by atoms with E-state index in [1.165, 1.54) is 62.9 Å². The molecule has 0 unspecified atom stereocenters. The maximum Gasteiger partial charge on any atom is 0.191 e. The van der Waals surface area contributed by atoms with Crippen LogP contribution in [0.5, 0.6) is 23.0 Å². The molecule has 0 fully saturated rings. The smallest absolute Gasteiger partial charge is 0.191 e. The number of fused-ring (bicyclic) bond motifs is 2. The zero-order valence-electron chi connectivity index (χ0n) is 41.8. The third-order valence-electron chi connectivity index (χ3n) is 10.8. The molecule has 19 nitrogen and oxygen atoms in total. The molecule has 0 bridgehead atoms. The highest BCUT2D eigenvalue weighted by molar-refractivity contribution is 5.79. The summed E-state index contributed by atoms with van der Waals surface area (Å²) in [5.74, 6) is -3.70. The van der Waals surface area contributed by atoms with E-state index in [4.69, 9.17) is 18.9 Å². The molecule has 7 heterocycles. The number of anilines is 4. The molecular formula is C50H53F4N15O4. The van der Waals surface area contributed by atoms with E-state index in [0.717, 1.165) is 17.2 Å². The molecule has 0 atom stereocenters. The minimum atomic E-state index is -0.920. The summed E-state index contributed by atoms with van der Waals surface area (Å²) in [7, 11) is 8.81. The summed E-state index contributed by atoms with van der Waals surface area (Å²) in [6, 6.07) is 9.15. The predicted octanol–water partition coefficient (Wildman–Crippen LogP) is 8.73. The third-order valence-corrected chi connectivity index (χ3v) is 10.8. The quantitative estimate of drug-likeness (QED) is 0.0902. The molecule has 0 amide bonds. The highest BCUT2D eigenvalue weighted by atomic mass is 19.1. The van der Waals surface area contributed by atoms with Crippen molar-refractivity contribution >= 4 is 45.3 Å². The van der Waals surface area contributed by atoms with Crippen molar-refractivity contribution in [3.8, 4) is 45.5 Å². The van der Waals surface area contributed by atoms with Crippen molar-refractivity contribution in [1.82, 2.24) is 64.7 Å². The van der Waals surface area contributed by atoms with Gasteiger partial charge in [-0.25, -0.2) is 37.5 Å². The number of nitrogens with one attached hydrogen (secondary N) is 1. The van der Waals surface area contributed by atoms with Crippen LogP contribution in [-0.2, 0) is 20.6 Å². The Labute approximate surface area is 417 Å². The molecule has 0 aliphatic carbocycles. The standard InChI is InChI=1S/C24H20F2N8O2.C24H27F2N7O2.C2H6/c1-33-12-14(9-30-33)17-11-29-16-4-5-20(32-24(16)31-17)34(13-15-10-27-6-7-28-15)23-21(25)18(35-2)8-19(36-3)22(23)26;1-14(2)27-8-9-33(23-21(25)18(34-4)10-19(35-5)22(23)26)20-7-6-16-24(31-20)30-17(12-28-16)15-11-29-32(3)13-15;1-2/h4-12H,13H2,1-3H3;6-7,10-14,27H,8-9H2,1-5H3;1-2H3. The van der Waals surface area contributed by atoms with E-state index in [1.807, 2.05) is 40.9 Å². The molecular weight excluding hydrogens is 951 g/mol. The third kappa shape index (κ3) is 11.6. The number of rotatable bonds is 16. The Balaban J connectivity index is 0.000000207. The van der Waals surface area contributed by atoms with E-state index in [2.05, 4.69) is 55.4 Å². The van der Waals surface area contributed by atoms with Crippen molar-refractivity contribution in [3.63, 3.8) is 0 Å². The first-order chi connectivity index (χ1) is 35.3. The summed E-state index contributed by atoms with van der Waals surface area (Å²) >= 11 is 0. The molecule has 9 aromatic rings. The second-order valence-corrected chi connectivity index (χ2v) is 15.9. The number of methoxy groups -OCH3 is 4. The van der Waals surface area contributed by atoms with Gasteiger partial charge in [0.1, 0.15) is 34.0 Å². The Morgan fingerprint density at radius 2 is 1.03 bits per heavy atom. The van der Waals surface area contributed by atoms with E-state index in [1.54, 1.807) is 71.7 Å². The van der Waals surface area contributed by atoms with Crippen molar-refractivity contribution < 1.29 is 36.5 Å². The Morgan fingerprint density at radius 3 is 1.42 bits per heavy atom. The molecule has 0 aliphatic heterocycles. The fourth-order valence-electron chi connectivity index (χ4n) is 7.33. The molecule has 0 radical (unpaired) electrons. The van der Waals surface area contributed by atoms with Gasteiger partial charge in [-0.3, -0.25) is 29.3 Å². The minimum Gasteiger partial charge on any atom is -0.493 e. The molecule has 1 N–H and O–H groups in total. The normalized spacial score (nSPS) is 10.9. The van der Waals surface area contributed by atoms with E-state index >= 15 is 17.6 Å². The van der Waals surface area contributed by atoms with Gasteiger partial charge in [0.15, 0.2) is 57.6 Å². The van der Waals surface area contributed by atoms with Crippen LogP contribution < -0.4 is 34.1 Å². The van der Waals surface area contributed by atoms with Crippen molar-refractivity contribution in [2.45, 2.75) is 40.3 Å². The molecule has 23 heteroatoms. The maximum atomic E-state index is 15.5. The Bertz CT molecular complexity index is 3270. The van der Waals surface area contributed by atoms with Crippen molar-refractivity contribution in [3.05, 3.63) is 121 Å². The van der Waals surface area contributed by atoms with Crippen LogP contribution in [0.3, 0.4) is 0 Å². The van der Waals surface area contributed by atoms with Crippen LogP contribution in [0, 0.1) is 23.3 Å². The number of hydrogen-bond acceptors (Lipinski definition) is 17. The summed E-state index contributed by atoms with van der Waals surface area (Å²) < 4.78 is 85.7. The van der Waals surface area contributed by atoms with Crippen LogP contribution >= 0.6 is 0 Å². The predicted molar refractivity (Wildman–Crippen MR) is 267 cm³/mol. The fourth-order valence-corrected chi connectivity index (χ4v) is 7.33. The van der Waals surface area contributed by atoms with E-state index in [-0.39, 0.29) is 59.3 Å². The molecule has 0 spiro atoms. The molecule has 0 saturated carbocycles. The highest BCUT2D eigenvalue weighted by Gasteiger charge is 2.29. The summed E-state index contributed by atoms with van der Waals surface area (Å²) in [5.41, 5.74) is 4.07. The van der Waals surface area contributed by atoms with Gasteiger partial charge in [0.05, 0.1) is 83.0 Å². The minimum absolute atomic E-state index is 0.0494. The van der Waals surface area contributed by atoms with Crippen LogP contribution in [0.25, 0.3) is 44.8 Å². The van der Waals surface area contributed by atoms with Gasteiger partial charge in [-0.05, 0) is 24.3 Å². The highest BCUT2D eigenvalue weighted by Crippen LogP contribution is 2.42. The van der Waals surface area contributed by atoms with Crippen LogP contribution in [0.2, 0.25) is 0 Å². The van der Waals surface area contributed by atoms with Gasteiger partial charge in [0.2, 0.25) is 0 Å². The monoisotopic (exact) mass is 1000 g/mol. The van der Waals surface area contributed by atoms with Crippen molar-refractivity contribution in [2.75, 3.05) is 51.3 Å². The number of ether oxygens (including phenoxy) is 4. The van der Waals surface area contributed by atoms with Crippen molar-refractivity contribution in [2.24, 2.45) is 14.1 Å². The maximum absolute atomic E-state index is 15.5. The Kier molecular flexibility index (Phi) is 16.8. The lowest BCUT2D eigenvalue weighted by Gasteiger charge is -2.27. The first kappa shape index (κ1) is 52.2. The lowest BCUT2D eigenvalue weighted by Crippen LogP contribution is -2.34. The van der Waals surface area contributed by atoms with Crippen LogP contribution in [-0.4, -0.2) is 107 Å². The summed E-state index contributed by atoms with van der Waals surface area (Å²) in [6.45, 7) is 8.59. The van der Waals surface area contributed by atoms with E-state index < -0.39 is 29.0 Å². The topological polar surface area (TPSA) is 194 Å². The lowest BCUT2D eigenvalue weighted by atomic mass is 10.2. The zero-order valence-corrected chi connectivity index (χ0v) is 41.8. The SMILES string of the molecule is CC.COc1cc(OC)c(F)c(N(CCNC(C)C)c2ccc3ncc(-c4cnn(C)c4)nc3n2)c1F.COc1cc(OC)c(F)c(N(Cc2cnccn2)c2ccc3ncc(-c4cnn(C)c4)nc3n2)c1F. The number of halogens is 4.